The third-order valence-corrected chi connectivity index (χ3v) is 5.39. The molecule has 1 fully saturated rings. The van der Waals surface area contributed by atoms with Gasteiger partial charge in [-0.3, -0.25) is 0 Å². The third kappa shape index (κ3) is 4.42. The van der Waals surface area contributed by atoms with Gasteiger partial charge in [0.05, 0.1) is 0 Å². The molecule has 0 amide bonds. The van der Waals surface area contributed by atoms with Gasteiger partial charge in [0.2, 0.25) is 0 Å². The van der Waals surface area contributed by atoms with Crippen molar-refractivity contribution in [3.8, 4) is 6.07 Å². The molecule has 4 rings (SSSR count). The Labute approximate surface area is 176 Å². The lowest BCUT2D eigenvalue weighted by atomic mass is 10.0. The van der Waals surface area contributed by atoms with Crippen molar-refractivity contribution in [3.05, 3.63) is 82.9 Å². The maximum atomic E-state index is 10.9. The van der Waals surface area contributed by atoms with Gasteiger partial charge in [0, 0.05) is 18.8 Å². The molecule has 0 spiro atoms. The van der Waals surface area contributed by atoms with E-state index in [-0.39, 0.29) is 5.57 Å². The van der Waals surface area contributed by atoms with Gasteiger partial charge >= 0.3 is 5.97 Å². The number of benzene rings is 3. The number of nitrogens with zero attached hydrogens (tertiary/aromatic N) is 2. The number of carboxylic acid groups (broad SMARTS) is 1. The molecule has 30 heavy (non-hydrogen) atoms. The number of anilines is 1. The van der Waals surface area contributed by atoms with E-state index in [0.29, 0.717) is 5.56 Å². The van der Waals surface area contributed by atoms with Crippen LogP contribution in [0.15, 0.2) is 66.2 Å². The Morgan fingerprint density at radius 3 is 2.17 bits per heavy atom. The standard InChI is InChI=1S/C26H22N2O2/c27-18-24(26(29)30)16-20-6-3-19(4-7-20)5-8-21-9-10-23-17-25(12-11-22(23)15-21)28-13-1-2-14-28/h3-12,15-17H,1-2,13-14H2,(H,29,30)/b8-5+,24-16-. The van der Waals surface area contributed by atoms with Crippen LogP contribution in [-0.4, -0.2) is 24.2 Å². The Bertz CT molecular complexity index is 1180. The number of rotatable bonds is 5. The summed E-state index contributed by atoms with van der Waals surface area (Å²) in [6.07, 6.45) is 8.01. The first kappa shape index (κ1) is 19.5. The van der Waals surface area contributed by atoms with Crippen molar-refractivity contribution in [2.24, 2.45) is 0 Å². The first-order valence-electron chi connectivity index (χ1n) is 10.0. The second kappa shape index (κ2) is 8.67. The van der Waals surface area contributed by atoms with Crippen LogP contribution in [0.4, 0.5) is 5.69 Å². The molecular weight excluding hydrogens is 372 g/mol. The van der Waals surface area contributed by atoms with Crippen molar-refractivity contribution in [3.63, 3.8) is 0 Å². The van der Waals surface area contributed by atoms with E-state index in [1.165, 1.54) is 35.4 Å². The summed E-state index contributed by atoms with van der Waals surface area (Å²) >= 11 is 0. The molecule has 1 aliphatic rings. The fourth-order valence-corrected chi connectivity index (χ4v) is 3.73. The zero-order valence-corrected chi connectivity index (χ0v) is 16.6. The number of aliphatic carboxylic acids is 1. The van der Waals surface area contributed by atoms with E-state index in [9.17, 15) is 4.79 Å². The molecule has 4 nitrogen and oxygen atoms in total. The number of carbonyl (C=O) groups is 1. The van der Waals surface area contributed by atoms with E-state index in [2.05, 4.69) is 47.4 Å². The van der Waals surface area contributed by atoms with E-state index in [1.54, 1.807) is 18.2 Å². The lowest BCUT2D eigenvalue weighted by Crippen LogP contribution is -2.17. The average molecular weight is 394 g/mol. The summed E-state index contributed by atoms with van der Waals surface area (Å²) in [5, 5.41) is 20.3. The highest BCUT2D eigenvalue weighted by molar-refractivity contribution is 5.96. The van der Waals surface area contributed by atoms with E-state index in [4.69, 9.17) is 10.4 Å². The van der Waals surface area contributed by atoms with Gasteiger partial charge in [-0.1, -0.05) is 54.6 Å². The predicted octanol–water partition coefficient (Wildman–Crippen LogP) is 5.60. The Morgan fingerprint density at radius 1 is 0.867 bits per heavy atom. The topological polar surface area (TPSA) is 64.3 Å². The molecular formula is C26H22N2O2. The molecule has 0 bridgehead atoms. The molecule has 3 aromatic rings. The molecule has 148 valence electrons. The molecule has 0 atom stereocenters. The largest absolute Gasteiger partial charge is 0.477 e. The highest BCUT2D eigenvalue weighted by atomic mass is 16.4. The van der Waals surface area contributed by atoms with Gasteiger partial charge in [0.15, 0.2) is 0 Å². The Balaban J connectivity index is 1.50. The summed E-state index contributed by atoms with van der Waals surface area (Å²) in [5.41, 5.74) is 3.84. The predicted molar refractivity (Wildman–Crippen MR) is 122 cm³/mol. The highest BCUT2D eigenvalue weighted by Crippen LogP contribution is 2.26. The lowest BCUT2D eigenvalue weighted by molar-refractivity contribution is -0.132. The zero-order chi connectivity index (χ0) is 20.9. The minimum absolute atomic E-state index is 0.276. The van der Waals surface area contributed by atoms with Gasteiger partial charge in [0.25, 0.3) is 0 Å². The SMILES string of the molecule is N#C/C(=C/c1ccc(/C=C/c2ccc3cc(N4CCCC4)ccc3c2)cc1)C(=O)O. The van der Waals surface area contributed by atoms with Crippen molar-refractivity contribution in [2.75, 3.05) is 18.0 Å². The number of hydrogen-bond acceptors (Lipinski definition) is 3. The molecule has 1 saturated heterocycles. The maximum absolute atomic E-state index is 10.9. The molecule has 0 saturated carbocycles. The summed E-state index contributed by atoms with van der Waals surface area (Å²) in [5.74, 6) is -1.22. The van der Waals surface area contributed by atoms with Gasteiger partial charge in [-0.15, -0.1) is 0 Å². The summed E-state index contributed by atoms with van der Waals surface area (Å²) in [7, 11) is 0. The minimum Gasteiger partial charge on any atom is -0.477 e. The fourth-order valence-electron chi connectivity index (χ4n) is 3.73. The van der Waals surface area contributed by atoms with Crippen LogP contribution < -0.4 is 4.90 Å². The van der Waals surface area contributed by atoms with Crippen LogP contribution in [0.3, 0.4) is 0 Å². The van der Waals surface area contributed by atoms with Gasteiger partial charge in [-0.25, -0.2) is 4.79 Å². The van der Waals surface area contributed by atoms with E-state index in [1.807, 2.05) is 18.2 Å². The molecule has 1 N–H and O–H groups in total. The normalized spacial score (nSPS) is 14.4. The average Bonchev–Trinajstić information content (AvgIpc) is 3.31. The first-order valence-corrected chi connectivity index (χ1v) is 10.0. The second-order valence-corrected chi connectivity index (χ2v) is 7.46. The van der Waals surface area contributed by atoms with Crippen LogP contribution in [-0.2, 0) is 4.79 Å². The molecule has 0 unspecified atom stereocenters. The van der Waals surface area contributed by atoms with Gasteiger partial charge < -0.3 is 10.0 Å². The summed E-state index contributed by atoms with van der Waals surface area (Å²) < 4.78 is 0. The zero-order valence-electron chi connectivity index (χ0n) is 16.6. The van der Waals surface area contributed by atoms with E-state index < -0.39 is 5.97 Å². The number of fused-ring (bicyclic) bond motifs is 1. The van der Waals surface area contributed by atoms with Crippen LogP contribution in [0, 0.1) is 11.3 Å². The quantitative estimate of drug-likeness (QED) is 0.347. The number of carboxylic acids is 1. The number of nitriles is 1. The Kier molecular flexibility index (Phi) is 5.63. The Hall–Kier alpha value is -3.84. The molecule has 1 aliphatic heterocycles. The third-order valence-electron chi connectivity index (χ3n) is 5.39. The van der Waals surface area contributed by atoms with Crippen molar-refractivity contribution < 1.29 is 9.90 Å². The monoisotopic (exact) mass is 394 g/mol. The molecule has 4 heteroatoms. The highest BCUT2D eigenvalue weighted by Gasteiger charge is 2.12. The van der Waals surface area contributed by atoms with Gasteiger partial charge in [-0.05, 0) is 64.6 Å². The number of hydrogen-bond donors (Lipinski definition) is 1. The van der Waals surface area contributed by atoms with Crippen molar-refractivity contribution in [1.29, 1.82) is 5.26 Å². The molecule has 3 aromatic carbocycles. The van der Waals surface area contributed by atoms with Crippen LogP contribution in [0.5, 0.6) is 0 Å². The van der Waals surface area contributed by atoms with Crippen molar-refractivity contribution in [2.45, 2.75) is 12.8 Å². The lowest BCUT2D eigenvalue weighted by Gasteiger charge is -2.18. The van der Waals surface area contributed by atoms with Gasteiger partial charge in [0.1, 0.15) is 11.6 Å². The summed E-state index contributed by atoms with van der Waals surface area (Å²) in [6, 6.07) is 22.3. The van der Waals surface area contributed by atoms with Crippen LogP contribution in [0.25, 0.3) is 29.0 Å². The van der Waals surface area contributed by atoms with Crippen molar-refractivity contribution >= 4 is 40.7 Å². The molecule has 1 heterocycles. The van der Waals surface area contributed by atoms with Crippen molar-refractivity contribution in [1.82, 2.24) is 0 Å². The van der Waals surface area contributed by atoms with Crippen LogP contribution in [0.1, 0.15) is 29.5 Å². The fraction of sp³-hybridized carbons (Fsp3) is 0.154. The minimum atomic E-state index is -1.22. The summed E-state index contributed by atoms with van der Waals surface area (Å²) in [4.78, 5) is 13.4. The molecule has 0 radical (unpaired) electrons. The second-order valence-electron chi connectivity index (χ2n) is 7.46. The van der Waals surface area contributed by atoms with E-state index in [0.717, 1.165) is 24.2 Å². The summed E-state index contributed by atoms with van der Waals surface area (Å²) in [6.45, 7) is 2.30. The Morgan fingerprint density at radius 2 is 1.47 bits per heavy atom. The van der Waals surface area contributed by atoms with Crippen LogP contribution in [0.2, 0.25) is 0 Å². The van der Waals surface area contributed by atoms with Gasteiger partial charge in [-0.2, -0.15) is 5.26 Å². The maximum Gasteiger partial charge on any atom is 0.346 e. The van der Waals surface area contributed by atoms with E-state index >= 15 is 0 Å². The van der Waals surface area contributed by atoms with Crippen LogP contribution >= 0.6 is 0 Å². The smallest absolute Gasteiger partial charge is 0.346 e. The molecule has 0 aliphatic carbocycles. The first-order chi connectivity index (χ1) is 14.6. The molecule has 0 aromatic heterocycles.